The molecule has 17 heavy (non-hydrogen) atoms. The van der Waals surface area contributed by atoms with Crippen molar-refractivity contribution < 1.29 is 0 Å². The molecular weight excluding hydrogens is 298 g/mol. The zero-order valence-electron chi connectivity index (χ0n) is 10.8. The number of rotatable bonds is 6. The number of hydrogen-bond donors (Lipinski definition) is 1. The summed E-state index contributed by atoms with van der Waals surface area (Å²) in [6.07, 6.45) is 3.48. The van der Waals surface area contributed by atoms with E-state index in [1.54, 1.807) is 0 Å². The van der Waals surface area contributed by atoms with Crippen molar-refractivity contribution in [3.63, 3.8) is 0 Å². The molecule has 1 nitrogen and oxygen atoms in total. The van der Waals surface area contributed by atoms with E-state index in [4.69, 9.17) is 11.6 Å². The minimum absolute atomic E-state index is 0.270. The predicted molar refractivity (Wildman–Crippen MR) is 79.6 cm³/mol. The van der Waals surface area contributed by atoms with Gasteiger partial charge in [-0.05, 0) is 52.9 Å². The third kappa shape index (κ3) is 3.97. The largest absolute Gasteiger partial charge is 0.307 e. The lowest BCUT2D eigenvalue weighted by Gasteiger charge is -2.32. The minimum Gasteiger partial charge on any atom is -0.307 e. The Morgan fingerprint density at radius 3 is 2.24 bits per heavy atom. The second-order valence-electron chi connectivity index (χ2n) is 4.44. The van der Waals surface area contributed by atoms with E-state index in [1.165, 1.54) is 5.56 Å². The van der Waals surface area contributed by atoms with E-state index in [0.717, 1.165) is 35.3 Å². The molecule has 0 aromatic heterocycles. The highest BCUT2D eigenvalue weighted by molar-refractivity contribution is 9.10. The van der Waals surface area contributed by atoms with Gasteiger partial charge >= 0.3 is 0 Å². The standard InChI is InChI=1S/C14H21BrClN/c1-4-14(5-2,6-3)17-10-11-7-8-13(16)12(15)9-11/h7-9,17H,4-6,10H2,1-3H3. The molecule has 0 bridgehead atoms. The van der Waals surface area contributed by atoms with Crippen LogP contribution < -0.4 is 5.32 Å². The Morgan fingerprint density at radius 1 is 1.18 bits per heavy atom. The van der Waals surface area contributed by atoms with Gasteiger partial charge in [-0.15, -0.1) is 0 Å². The topological polar surface area (TPSA) is 12.0 Å². The van der Waals surface area contributed by atoms with E-state index >= 15 is 0 Å². The second kappa shape index (κ2) is 6.77. The first-order valence-corrected chi connectivity index (χ1v) is 7.43. The van der Waals surface area contributed by atoms with E-state index in [2.05, 4.69) is 54.2 Å². The van der Waals surface area contributed by atoms with Crippen LogP contribution in [0.4, 0.5) is 0 Å². The normalized spacial score (nSPS) is 11.8. The number of nitrogens with one attached hydrogen (secondary N) is 1. The van der Waals surface area contributed by atoms with Gasteiger partial charge < -0.3 is 5.32 Å². The SMILES string of the molecule is CCC(CC)(CC)NCc1ccc(Cl)c(Br)c1. The maximum Gasteiger partial charge on any atom is 0.0548 e. The summed E-state index contributed by atoms with van der Waals surface area (Å²) in [4.78, 5) is 0. The molecule has 0 saturated heterocycles. The van der Waals surface area contributed by atoms with Gasteiger partial charge in [-0.2, -0.15) is 0 Å². The van der Waals surface area contributed by atoms with Crippen LogP contribution in [0.3, 0.4) is 0 Å². The maximum atomic E-state index is 5.99. The summed E-state index contributed by atoms with van der Waals surface area (Å²) in [5.74, 6) is 0. The summed E-state index contributed by atoms with van der Waals surface area (Å²) in [5.41, 5.74) is 1.53. The lowest BCUT2D eigenvalue weighted by atomic mass is 9.89. The van der Waals surface area contributed by atoms with Gasteiger partial charge in [-0.1, -0.05) is 38.4 Å². The van der Waals surface area contributed by atoms with Gasteiger partial charge in [0, 0.05) is 16.6 Å². The fourth-order valence-electron chi connectivity index (χ4n) is 2.06. The molecular formula is C14H21BrClN. The van der Waals surface area contributed by atoms with E-state index in [9.17, 15) is 0 Å². The van der Waals surface area contributed by atoms with Crippen LogP contribution >= 0.6 is 27.5 Å². The summed E-state index contributed by atoms with van der Waals surface area (Å²) in [5, 5.41) is 4.45. The van der Waals surface area contributed by atoms with Gasteiger partial charge in [0.15, 0.2) is 0 Å². The zero-order chi connectivity index (χ0) is 12.9. The van der Waals surface area contributed by atoms with Crippen molar-refractivity contribution in [1.29, 1.82) is 0 Å². The smallest absolute Gasteiger partial charge is 0.0548 e. The molecule has 96 valence electrons. The Bertz CT molecular complexity index is 353. The third-order valence-electron chi connectivity index (χ3n) is 3.68. The van der Waals surface area contributed by atoms with E-state index < -0.39 is 0 Å². The van der Waals surface area contributed by atoms with Crippen molar-refractivity contribution >= 4 is 27.5 Å². The molecule has 0 saturated carbocycles. The van der Waals surface area contributed by atoms with Crippen LogP contribution in [0.15, 0.2) is 22.7 Å². The third-order valence-corrected chi connectivity index (χ3v) is 4.90. The maximum absolute atomic E-state index is 5.99. The Hall–Kier alpha value is -0.0500. The average molecular weight is 319 g/mol. The van der Waals surface area contributed by atoms with Crippen LogP contribution in [-0.4, -0.2) is 5.54 Å². The van der Waals surface area contributed by atoms with Gasteiger partial charge in [-0.25, -0.2) is 0 Å². The first-order chi connectivity index (χ1) is 8.06. The molecule has 0 amide bonds. The molecule has 0 unspecified atom stereocenters. The van der Waals surface area contributed by atoms with Crippen LogP contribution in [-0.2, 0) is 6.54 Å². The predicted octanol–water partition coefficient (Wildman–Crippen LogP) is 5.16. The molecule has 1 aromatic carbocycles. The van der Waals surface area contributed by atoms with Gasteiger partial charge in [-0.3, -0.25) is 0 Å². The van der Waals surface area contributed by atoms with E-state index in [0.29, 0.717) is 0 Å². The van der Waals surface area contributed by atoms with Gasteiger partial charge in [0.2, 0.25) is 0 Å². The van der Waals surface area contributed by atoms with Crippen molar-refractivity contribution in [2.45, 2.75) is 52.1 Å². The molecule has 0 atom stereocenters. The Kier molecular flexibility index (Phi) is 5.98. The van der Waals surface area contributed by atoms with Gasteiger partial charge in [0.25, 0.3) is 0 Å². The van der Waals surface area contributed by atoms with Crippen LogP contribution in [0.5, 0.6) is 0 Å². The minimum atomic E-state index is 0.270. The van der Waals surface area contributed by atoms with Gasteiger partial charge in [0.05, 0.1) is 5.02 Å². The van der Waals surface area contributed by atoms with Crippen LogP contribution in [0, 0.1) is 0 Å². The van der Waals surface area contributed by atoms with E-state index in [-0.39, 0.29) is 5.54 Å². The Morgan fingerprint density at radius 2 is 1.76 bits per heavy atom. The lowest BCUT2D eigenvalue weighted by Crippen LogP contribution is -2.43. The molecule has 0 aliphatic carbocycles. The lowest BCUT2D eigenvalue weighted by molar-refractivity contribution is 0.288. The van der Waals surface area contributed by atoms with Crippen LogP contribution in [0.25, 0.3) is 0 Å². The van der Waals surface area contributed by atoms with Crippen molar-refractivity contribution in [1.82, 2.24) is 5.32 Å². The molecule has 1 aromatic rings. The molecule has 0 heterocycles. The molecule has 1 N–H and O–H groups in total. The van der Waals surface area contributed by atoms with Gasteiger partial charge in [0.1, 0.15) is 0 Å². The Balaban J connectivity index is 2.68. The highest BCUT2D eigenvalue weighted by atomic mass is 79.9. The highest BCUT2D eigenvalue weighted by Gasteiger charge is 2.22. The van der Waals surface area contributed by atoms with Crippen molar-refractivity contribution in [2.24, 2.45) is 0 Å². The first-order valence-electron chi connectivity index (χ1n) is 6.26. The molecule has 3 heteroatoms. The quantitative estimate of drug-likeness (QED) is 0.764. The van der Waals surface area contributed by atoms with Crippen molar-refractivity contribution in [3.8, 4) is 0 Å². The number of hydrogen-bond acceptors (Lipinski definition) is 1. The summed E-state index contributed by atoms with van der Waals surface area (Å²) >= 11 is 9.44. The summed E-state index contributed by atoms with van der Waals surface area (Å²) in [6, 6.07) is 6.10. The van der Waals surface area contributed by atoms with Crippen molar-refractivity contribution in [2.75, 3.05) is 0 Å². The number of benzene rings is 1. The zero-order valence-corrected chi connectivity index (χ0v) is 13.2. The molecule has 0 fully saturated rings. The summed E-state index contributed by atoms with van der Waals surface area (Å²) in [6.45, 7) is 7.64. The van der Waals surface area contributed by atoms with Crippen molar-refractivity contribution in [3.05, 3.63) is 33.3 Å². The summed E-state index contributed by atoms with van der Waals surface area (Å²) < 4.78 is 0.966. The Labute approximate surface area is 118 Å². The fourth-order valence-corrected chi connectivity index (χ4v) is 2.61. The average Bonchev–Trinajstić information content (AvgIpc) is 2.36. The monoisotopic (exact) mass is 317 g/mol. The molecule has 0 aliphatic heterocycles. The fraction of sp³-hybridized carbons (Fsp3) is 0.571. The summed E-state index contributed by atoms with van der Waals surface area (Å²) in [7, 11) is 0. The second-order valence-corrected chi connectivity index (χ2v) is 5.70. The van der Waals surface area contributed by atoms with Crippen LogP contribution in [0.1, 0.15) is 45.6 Å². The molecule has 0 radical (unpaired) electrons. The molecule has 0 aliphatic rings. The highest BCUT2D eigenvalue weighted by Crippen LogP contribution is 2.24. The van der Waals surface area contributed by atoms with Crippen LogP contribution in [0.2, 0.25) is 5.02 Å². The first kappa shape index (κ1) is 15.0. The van der Waals surface area contributed by atoms with E-state index in [1.807, 2.05) is 6.07 Å². The molecule has 0 spiro atoms. The molecule has 1 rings (SSSR count). The number of halogens is 2.